The van der Waals surface area contributed by atoms with Crippen molar-refractivity contribution in [1.29, 1.82) is 0 Å². The first-order valence-electron chi connectivity index (χ1n) is 9.16. The molecule has 0 atom stereocenters. The summed E-state index contributed by atoms with van der Waals surface area (Å²) in [5.41, 5.74) is 2.41. The minimum atomic E-state index is 0.294. The summed E-state index contributed by atoms with van der Waals surface area (Å²) in [6.07, 6.45) is 1.80. The lowest BCUT2D eigenvalue weighted by Crippen LogP contribution is -2.31. The predicted octanol–water partition coefficient (Wildman–Crippen LogP) is 4.51. The van der Waals surface area contributed by atoms with Crippen LogP contribution in [0.3, 0.4) is 0 Å². The summed E-state index contributed by atoms with van der Waals surface area (Å²) in [5, 5.41) is 3.38. The first kappa shape index (κ1) is 18.7. The van der Waals surface area contributed by atoms with E-state index in [1.165, 1.54) is 11.1 Å². The fraction of sp³-hybridized carbons (Fsp3) is 0.273. The van der Waals surface area contributed by atoms with Crippen molar-refractivity contribution in [3.05, 3.63) is 78.0 Å². The summed E-state index contributed by atoms with van der Waals surface area (Å²) in [4.78, 5) is 11.4. The van der Waals surface area contributed by atoms with Crippen molar-refractivity contribution in [3.8, 4) is 5.75 Å². The number of aromatic nitrogens is 2. The van der Waals surface area contributed by atoms with Crippen molar-refractivity contribution in [2.45, 2.75) is 33.0 Å². The molecule has 0 saturated heterocycles. The first-order chi connectivity index (χ1) is 13.2. The van der Waals surface area contributed by atoms with Crippen molar-refractivity contribution in [2.75, 3.05) is 17.3 Å². The van der Waals surface area contributed by atoms with Gasteiger partial charge >= 0.3 is 0 Å². The number of anilines is 2. The molecule has 0 unspecified atom stereocenters. The molecule has 2 aromatic carbocycles. The van der Waals surface area contributed by atoms with E-state index >= 15 is 0 Å². The lowest BCUT2D eigenvalue weighted by atomic mass is 10.2. The van der Waals surface area contributed by atoms with Gasteiger partial charge < -0.3 is 15.0 Å². The van der Waals surface area contributed by atoms with Crippen molar-refractivity contribution in [2.24, 2.45) is 0 Å². The Kier molecular flexibility index (Phi) is 6.26. The number of methoxy groups -OCH3 is 1. The van der Waals surface area contributed by atoms with E-state index in [0.717, 1.165) is 24.1 Å². The monoisotopic (exact) mass is 362 g/mol. The molecule has 1 N–H and O–H groups in total. The largest absolute Gasteiger partial charge is 0.497 e. The van der Waals surface area contributed by atoms with Gasteiger partial charge in [-0.15, -0.1) is 0 Å². The maximum absolute atomic E-state index is 5.20. The average molecular weight is 362 g/mol. The van der Waals surface area contributed by atoms with Crippen molar-refractivity contribution in [1.82, 2.24) is 9.97 Å². The van der Waals surface area contributed by atoms with Crippen LogP contribution in [-0.2, 0) is 13.1 Å². The Labute approximate surface area is 161 Å². The third-order valence-corrected chi connectivity index (χ3v) is 4.35. The van der Waals surface area contributed by atoms with Crippen LogP contribution in [0.1, 0.15) is 25.0 Å². The molecule has 0 spiro atoms. The van der Waals surface area contributed by atoms with Crippen LogP contribution in [0, 0.1) is 0 Å². The van der Waals surface area contributed by atoms with Gasteiger partial charge in [0.25, 0.3) is 0 Å². The molecule has 5 heteroatoms. The third kappa shape index (κ3) is 5.20. The summed E-state index contributed by atoms with van der Waals surface area (Å²) in [6, 6.07) is 20.6. The van der Waals surface area contributed by atoms with Crippen LogP contribution in [0.5, 0.6) is 5.75 Å². The van der Waals surface area contributed by atoms with Crippen LogP contribution in [0.2, 0.25) is 0 Å². The molecular weight excluding hydrogens is 336 g/mol. The van der Waals surface area contributed by atoms with Crippen molar-refractivity contribution < 1.29 is 4.74 Å². The summed E-state index contributed by atoms with van der Waals surface area (Å²) < 4.78 is 5.20. The SMILES string of the molecule is COc1ccc(CNc2ccnc(N(Cc3ccccc3)C(C)C)n2)cc1. The van der Waals surface area contributed by atoms with Gasteiger partial charge in [-0.1, -0.05) is 42.5 Å². The highest BCUT2D eigenvalue weighted by molar-refractivity contribution is 5.43. The molecule has 27 heavy (non-hydrogen) atoms. The molecular formula is C22H26N4O. The highest BCUT2D eigenvalue weighted by atomic mass is 16.5. The summed E-state index contributed by atoms with van der Waals surface area (Å²) in [6.45, 7) is 5.79. The number of benzene rings is 2. The van der Waals surface area contributed by atoms with Crippen molar-refractivity contribution in [3.63, 3.8) is 0 Å². The lowest BCUT2D eigenvalue weighted by molar-refractivity contribution is 0.414. The molecule has 5 nitrogen and oxygen atoms in total. The predicted molar refractivity (Wildman–Crippen MR) is 110 cm³/mol. The third-order valence-electron chi connectivity index (χ3n) is 4.35. The van der Waals surface area contributed by atoms with E-state index in [2.05, 4.69) is 53.3 Å². The molecule has 0 aliphatic carbocycles. The highest BCUT2D eigenvalue weighted by Crippen LogP contribution is 2.18. The van der Waals surface area contributed by atoms with Crippen molar-refractivity contribution >= 4 is 11.8 Å². The van der Waals surface area contributed by atoms with Gasteiger partial charge in [-0.05, 0) is 43.2 Å². The van der Waals surface area contributed by atoms with Crippen LogP contribution in [-0.4, -0.2) is 23.1 Å². The van der Waals surface area contributed by atoms with Gasteiger partial charge in [0.05, 0.1) is 7.11 Å². The van der Waals surface area contributed by atoms with E-state index in [0.29, 0.717) is 12.6 Å². The van der Waals surface area contributed by atoms with Gasteiger partial charge in [0.15, 0.2) is 0 Å². The average Bonchev–Trinajstić information content (AvgIpc) is 2.71. The molecule has 0 aliphatic rings. The number of nitrogens with zero attached hydrogens (tertiary/aromatic N) is 3. The lowest BCUT2D eigenvalue weighted by Gasteiger charge is -2.27. The van der Waals surface area contributed by atoms with Gasteiger partial charge in [-0.25, -0.2) is 4.98 Å². The molecule has 0 bridgehead atoms. The zero-order valence-electron chi connectivity index (χ0n) is 16.1. The van der Waals surface area contributed by atoms with Crippen LogP contribution >= 0.6 is 0 Å². The van der Waals surface area contributed by atoms with Gasteiger partial charge in [0.1, 0.15) is 11.6 Å². The minimum absolute atomic E-state index is 0.294. The van der Waals surface area contributed by atoms with Gasteiger partial charge in [-0.3, -0.25) is 0 Å². The second kappa shape index (κ2) is 9.03. The standard InChI is InChI=1S/C22H26N4O/c1-17(2)26(16-19-7-5-4-6-8-19)22-23-14-13-21(25-22)24-15-18-9-11-20(27-3)12-10-18/h4-14,17H,15-16H2,1-3H3,(H,23,24,25). The van der Waals surface area contributed by atoms with E-state index < -0.39 is 0 Å². The normalized spacial score (nSPS) is 10.7. The number of rotatable bonds is 8. The second-order valence-electron chi connectivity index (χ2n) is 6.65. The highest BCUT2D eigenvalue weighted by Gasteiger charge is 2.14. The Morgan fingerprint density at radius 3 is 2.37 bits per heavy atom. The Balaban J connectivity index is 1.70. The quantitative estimate of drug-likeness (QED) is 0.639. The summed E-state index contributed by atoms with van der Waals surface area (Å²) in [5.74, 6) is 2.40. The summed E-state index contributed by atoms with van der Waals surface area (Å²) in [7, 11) is 1.67. The number of hydrogen-bond acceptors (Lipinski definition) is 5. The van der Waals surface area contributed by atoms with Gasteiger partial charge in [0, 0.05) is 25.3 Å². The Bertz CT molecular complexity index is 834. The number of nitrogens with one attached hydrogen (secondary N) is 1. The van der Waals surface area contributed by atoms with Gasteiger partial charge in [-0.2, -0.15) is 4.98 Å². The fourth-order valence-electron chi connectivity index (χ4n) is 2.79. The van der Waals surface area contributed by atoms with E-state index in [4.69, 9.17) is 9.72 Å². The maximum Gasteiger partial charge on any atom is 0.227 e. The summed E-state index contributed by atoms with van der Waals surface area (Å²) >= 11 is 0. The van der Waals surface area contributed by atoms with Gasteiger partial charge in [0.2, 0.25) is 5.95 Å². The second-order valence-corrected chi connectivity index (χ2v) is 6.65. The minimum Gasteiger partial charge on any atom is -0.497 e. The van der Waals surface area contributed by atoms with E-state index in [9.17, 15) is 0 Å². The van der Waals surface area contributed by atoms with Crippen LogP contribution in [0.15, 0.2) is 66.9 Å². The molecule has 0 fully saturated rings. The Morgan fingerprint density at radius 1 is 0.963 bits per heavy atom. The zero-order valence-corrected chi connectivity index (χ0v) is 16.1. The molecule has 0 saturated carbocycles. The number of hydrogen-bond donors (Lipinski definition) is 1. The van der Waals surface area contributed by atoms with Crippen LogP contribution < -0.4 is 15.0 Å². The molecule has 1 aromatic heterocycles. The molecule has 0 aliphatic heterocycles. The first-order valence-corrected chi connectivity index (χ1v) is 9.16. The number of ether oxygens (including phenoxy) is 1. The Hall–Kier alpha value is -3.08. The maximum atomic E-state index is 5.20. The van der Waals surface area contributed by atoms with E-state index in [-0.39, 0.29) is 0 Å². The molecule has 0 amide bonds. The van der Waals surface area contributed by atoms with Crippen LogP contribution in [0.25, 0.3) is 0 Å². The smallest absolute Gasteiger partial charge is 0.227 e. The molecule has 0 radical (unpaired) electrons. The fourth-order valence-corrected chi connectivity index (χ4v) is 2.79. The molecule has 140 valence electrons. The molecule has 3 rings (SSSR count). The Morgan fingerprint density at radius 2 is 1.70 bits per heavy atom. The topological polar surface area (TPSA) is 50.3 Å². The molecule has 1 heterocycles. The zero-order chi connectivity index (χ0) is 19.1. The van der Waals surface area contributed by atoms with Crippen LogP contribution in [0.4, 0.5) is 11.8 Å². The van der Waals surface area contributed by atoms with E-state index in [1.807, 2.05) is 36.4 Å². The molecule has 3 aromatic rings. The van der Waals surface area contributed by atoms with E-state index in [1.54, 1.807) is 13.3 Å².